The van der Waals surface area contributed by atoms with Gasteiger partial charge in [-0.2, -0.15) is 0 Å². The van der Waals surface area contributed by atoms with Gasteiger partial charge in [0.15, 0.2) is 0 Å². The van der Waals surface area contributed by atoms with Crippen molar-refractivity contribution in [3.8, 4) is 0 Å². The van der Waals surface area contributed by atoms with E-state index in [1.807, 2.05) is 60.7 Å². The summed E-state index contributed by atoms with van der Waals surface area (Å²) in [5.41, 5.74) is 2.66. The highest BCUT2D eigenvalue weighted by Crippen LogP contribution is 2.22. The highest BCUT2D eigenvalue weighted by atomic mass is 16.6. The highest BCUT2D eigenvalue weighted by molar-refractivity contribution is 5.87. The Morgan fingerprint density at radius 3 is 2.03 bits per heavy atom. The van der Waals surface area contributed by atoms with Crippen molar-refractivity contribution in [2.75, 3.05) is 11.5 Å². The quantitative estimate of drug-likeness (QED) is 0.294. The number of nitro groups is 1. The van der Waals surface area contributed by atoms with E-state index < -0.39 is 11.0 Å². The van der Waals surface area contributed by atoms with Crippen molar-refractivity contribution in [3.63, 3.8) is 0 Å². The average molecular weight is 390 g/mol. The number of nitro benzene ring substituents is 1. The molecule has 0 aliphatic heterocycles. The molecule has 0 aliphatic rings. The average Bonchev–Trinajstić information content (AvgIpc) is 2.76. The molecule has 3 aromatic rings. The van der Waals surface area contributed by atoms with Crippen LogP contribution in [0, 0.1) is 10.1 Å². The van der Waals surface area contributed by atoms with Crippen molar-refractivity contribution < 1.29 is 14.5 Å². The molecule has 0 unspecified atom stereocenters. The zero-order chi connectivity index (χ0) is 20.5. The first-order valence-electron chi connectivity index (χ1n) is 9.40. The van der Waals surface area contributed by atoms with E-state index >= 15 is 0 Å². The Hall–Kier alpha value is -3.67. The molecule has 0 aliphatic carbocycles. The van der Waals surface area contributed by atoms with Gasteiger partial charge in [0.25, 0.3) is 5.69 Å². The van der Waals surface area contributed by atoms with Crippen LogP contribution in [0.1, 0.15) is 17.5 Å². The van der Waals surface area contributed by atoms with Crippen LogP contribution in [0.5, 0.6) is 0 Å². The van der Waals surface area contributed by atoms with E-state index in [1.54, 1.807) is 12.1 Å². The number of carbonyl (C=O) groups excluding carboxylic acids is 1. The maximum Gasteiger partial charge on any atom is 0.414 e. The Morgan fingerprint density at radius 1 is 0.862 bits per heavy atom. The molecule has 0 spiro atoms. The van der Waals surface area contributed by atoms with Gasteiger partial charge in [0, 0.05) is 17.8 Å². The Labute approximate surface area is 169 Å². The van der Waals surface area contributed by atoms with Gasteiger partial charge >= 0.3 is 6.09 Å². The van der Waals surface area contributed by atoms with Crippen molar-refractivity contribution in [1.29, 1.82) is 0 Å². The van der Waals surface area contributed by atoms with Crippen LogP contribution in [0.4, 0.5) is 16.2 Å². The fraction of sp³-hybridized carbons (Fsp3) is 0.174. The molecule has 148 valence electrons. The van der Waals surface area contributed by atoms with Gasteiger partial charge in [-0.1, -0.05) is 60.7 Å². The number of benzene rings is 3. The summed E-state index contributed by atoms with van der Waals surface area (Å²) >= 11 is 0. The molecule has 0 radical (unpaired) electrons. The van der Waals surface area contributed by atoms with Crippen molar-refractivity contribution in [2.45, 2.75) is 19.4 Å². The Kier molecular flexibility index (Phi) is 6.95. The predicted octanol–water partition coefficient (Wildman–Crippen LogP) is 5.37. The number of carbonyl (C=O) groups is 1. The third kappa shape index (κ3) is 5.90. The van der Waals surface area contributed by atoms with E-state index in [0.29, 0.717) is 18.8 Å². The summed E-state index contributed by atoms with van der Waals surface area (Å²) < 4.78 is 5.48. The molecule has 6 nitrogen and oxygen atoms in total. The molecule has 0 bridgehead atoms. The Morgan fingerprint density at radius 2 is 1.45 bits per heavy atom. The number of hydrogen-bond acceptors (Lipinski definition) is 4. The SMILES string of the molecule is O=C(OCCCc1ccccc1)N(Cc1ccccc1)c1ccc([N+](=O)[O-])cc1. The third-order valence-corrected chi connectivity index (χ3v) is 4.45. The number of ether oxygens (including phenoxy) is 1. The van der Waals surface area contributed by atoms with Crippen molar-refractivity contribution in [3.05, 3.63) is 106 Å². The van der Waals surface area contributed by atoms with Crippen molar-refractivity contribution >= 4 is 17.5 Å². The topological polar surface area (TPSA) is 72.7 Å². The van der Waals surface area contributed by atoms with Gasteiger partial charge in [-0.05, 0) is 36.1 Å². The first-order chi connectivity index (χ1) is 14.1. The molecule has 0 N–H and O–H groups in total. The first kappa shape index (κ1) is 20.1. The van der Waals surface area contributed by atoms with E-state index in [0.717, 1.165) is 18.4 Å². The molecular weight excluding hydrogens is 368 g/mol. The lowest BCUT2D eigenvalue weighted by Gasteiger charge is -2.22. The second kappa shape index (κ2) is 10.0. The van der Waals surface area contributed by atoms with Gasteiger partial charge in [0.1, 0.15) is 0 Å². The second-order valence-electron chi connectivity index (χ2n) is 6.55. The summed E-state index contributed by atoms with van der Waals surface area (Å²) in [4.78, 5) is 24.7. The second-order valence-corrected chi connectivity index (χ2v) is 6.55. The van der Waals surface area contributed by atoms with Gasteiger partial charge in [0.05, 0.1) is 18.1 Å². The van der Waals surface area contributed by atoms with Crippen LogP contribution in [0.2, 0.25) is 0 Å². The molecular formula is C23H22N2O4. The summed E-state index contributed by atoms with van der Waals surface area (Å²) in [6, 6.07) is 25.4. The maximum atomic E-state index is 12.7. The lowest BCUT2D eigenvalue weighted by molar-refractivity contribution is -0.384. The molecule has 0 heterocycles. The van der Waals surface area contributed by atoms with E-state index in [4.69, 9.17) is 4.74 Å². The zero-order valence-corrected chi connectivity index (χ0v) is 15.9. The fourth-order valence-corrected chi connectivity index (χ4v) is 2.94. The van der Waals surface area contributed by atoms with Crippen molar-refractivity contribution in [1.82, 2.24) is 0 Å². The molecule has 3 rings (SSSR count). The van der Waals surface area contributed by atoms with E-state index in [2.05, 4.69) is 0 Å². The minimum absolute atomic E-state index is 0.0235. The Bertz CT molecular complexity index is 928. The maximum absolute atomic E-state index is 12.7. The number of hydrogen-bond donors (Lipinski definition) is 0. The summed E-state index contributed by atoms with van der Waals surface area (Å²) in [6.07, 6.45) is 1.07. The fourth-order valence-electron chi connectivity index (χ4n) is 2.94. The number of rotatable bonds is 8. The molecule has 0 fully saturated rings. The number of anilines is 1. The van der Waals surface area contributed by atoms with E-state index in [1.165, 1.54) is 22.6 Å². The normalized spacial score (nSPS) is 10.3. The molecule has 1 amide bonds. The van der Waals surface area contributed by atoms with Gasteiger partial charge in [0.2, 0.25) is 0 Å². The largest absolute Gasteiger partial charge is 0.449 e. The van der Waals surface area contributed by atoms with Gasteiger partial charge in [-0.3, -0.25) is 15.0 Å². The van der Waals surface area contributed by atoms with Gasteiger partial charge < -0.3 is 4.74 Å². The van der Waals surface area contributed by atoms with Gasteiger partial charge in [-0.15, -0.1) is 0 Å². The number of amides is 1. The molecule has 0 aromatic heterocycles. The van der Waals surface area contributed by atoms with Crippen LogP contribution < -0.4 is 4.90 Å². The van der Waals surface area contributed by atoms with Crippen LogP contribution >= 0.6 is 0 Å². The Balaban J connectivity index is 1.66. The van der Waals surface area contributed by atoms with E-state index in [-0.39, 0.29) is 5.69 Å². The first-order valence-corrected chi connectivity index (χ1v) is 9.40. The molecule has 0 atom stereocenters. The smallest absolute Gasteiger partial charge is 0.414 e. The lowest BCUT2D eigenvalue weighted by Crippen LogP contribution is -2.31. The summed E-state index contributed by atoms with van der Waals surface area (Å²) in [6.45, 7) is 0.613. The monoisotopic (exact) mass is 390 g/mol. The summed E-state index contributed by atoms with van der Waals surface area (Å²) in [5, 5.41) is 10.9. The third-order valence-electron chi connectivity index (χ3n) is 4.45. The number of nitrogens with zero attached hydrogens (tertiary/aromatic N) is 2. The van der Waals surface area contributed by atoms with Crippen molar-refractivity contribution in [2.24, 2.45) is 0 Å². The van der Waals surface area contributed by atoms with Crippen LogP contribution in [0.25, 0.3) is 0 Å². The summed E-state index contributed by atoms with van der Waals surface area (Å²) in [7, 11) is 0. The molecule has 29 heavy (non-hydrogen) atoms. The minimum Gasteiger partial charge on any atom is -0.449 e. The number of non-ortho nitro benzene ring substituents is 1. The molecule has 6 heteroatoms. The van der Waals surface area contributed by atoms with Crippen LogP contribution in [-0.2, 0) is 17.7 Å². The molecule has 0 saturated heterocycles. The standard InChI is InChI=1S/C23H22N2O4/c26-23(29-17-7-12-19-8-3-1-4-9-19)24(18-20-10-5-2-6-11-20)21-13-15-22(16-14-21)25(27)28/h1-6,8-11,13-16H,7,12,17-18H2. The summed E-state index contributed by atoms with van der Waals surface area (Å²) in [5.74, 6) is 0. The number of aryl methyl sites for hydroxylation is 1. The van der Waals surface area contributed by atoms with E-state index in [9.17, 15) is 14.9 Å². The van der Waals surface area contributed by atoms with Gasteiger partial charge in [-0.25, -0.2) is 4.79 Å². The van der Waals surface area contributed by atoms with Crippen LogP contribution in [0.3, 0.4) is 0 Å². The zero-order valence-electron chi connectivity index (χ0n) is 15.9. The van der Waals surface area contributed by atoms with Crippen LogP contribution in [0.15, 0.2) is 84.9 Å². The molecule has 3 aromatic carbocycles. The highest BCUT2D eigenvalue weighted by Gasteiger charge is 2.19. The predicted molar refractivity (Wildman–Crippen MR) is 112 cm³/mol. The minimum atomic E-state index is -0.476. The lowest BCUT2D eigenvalue weighted by atomic mass is 10.1. The molecule has 0 saturated carbocycles. The van der Waals surface area contributed by atoms with Crippen LogP contribution in [-0.4, -0.2) is 17.6 Å².